The zero-order valence-electron chi connectivity index (χ0n) is 26.0. The highest BCUT2D eigenvalue weighted by atomic mass is 15.0. The van der Waals surface area contributed by atoms with Gasteiger partial charge in [-0.25, -0.2) is 19.9 Å². The van der Waals surface area contributed by atoms with E-state index in [9.17, 15) is 0 Å². The predicted molar refractivity (Wildman–Crippen MR) is 197 cm³/mol. The summed E-state index contributed by atoms with van der Waals surface area (Å²) < 4.78 is 0. The summed E-state index contributed by atoms with van der Waals surface area (Å²) in [7, 11) is 0. The lowest BCUT2D eigenvalue weighted by Crippen LogP contribution is -2.00. The highest BCUT2D eigenvalue weighted by Gasteiger charge is 2.14. The van der Waals surface area contributed by atoms with Crippen LogP contribution in [-0.4, -0.2) is 19.9 Å². The van der Waals surface area contributed by atoms with E-state index in [1.807, 2.05) is 42.5 Å². The maximum absolute atomic E-state index is 5.23. The van der Waals surface area contributed by atoms with Gasteiger partial charge in [0.25, 0.3) is 0 Å². The summed E-state index contributed by atoms with van der Waals surface area (Å²) in [6.45, 7) is 0. The largest absolute Gasteiger partial charge is 0.247 e. The van der Waals surface area contributed by atoms with Crippen molar-refractivity contribution in [3.63, 3.8) is 0 Å². The van der Waals surface area contributed by atoms with Crippen molar-refractivity contribution < 1.29 is 0 Å². The van der Waals surface area contributed by atoms with Crippen LogP contribution in [0.3, 0.4) is 0 Å². The van der Waals surface area contributed by atoms with Crippen LogP contribution in [0.2, 0.25) is 0 Å². The third kappa shape index (κ3) is 5.06. The van der Waals surface area contributed by atoms with Crippen LogP contribution in [0.25, 0.3) is 89.0 Å². The van der Waals surface area contributed by atoms with Gasteiger partial charge in [0.05, 0.1) is 11.2 Å². The quantitative estimate of drug-likeness (QED) is 0.181. The number of benzene rings is 7. The van der Waals surface area contributed by atoms with Crippen LogP contribution in [0.1, 0.15) is 0 Å². The van der Waals surface area contributed by atoms with Crippen molar-refractivity contribution in [2.75, 3.05) is 0 Å². The van der Waals surface area contributed by atoms with Crippen LogP contribution < -0.4 is 0 Å². The molecule has 4 heteroatoms. The number of nitrogens with zero attached hydrogens (tertiary/aromatic N) is 4. The van der Waals surface area contributed by atoms with E-state index in [1.54, 1.807) is 0 Å². The first-order valence-corrected chi connectivity index (χ1v) is 16.1. The fraction of sp³-hybridized carbons (Fsp3) is 0. The molecule has 0 saturated carbocycles. The summed E-state index contributed by atoms with van der Waals surface area (Å²) in [4.78, 5) is 20.1. The van der Waals surface area contributed by atoms with Gasteiger partial charge in [0.1, 0.15) is 0 Å². The fourth-order valence-electron chi connectivity index (χ4n) is 6.45. The minimum absolute atomic E-state index is 0.616. The molecule has 9 aromatic rings. The number of hydrogen-bond acceptors (Lipinski definition) is 4. The molecule has 7 aromatic carbocycles. The first kappa shape index (κ1) is 27.8. The van der Waals surface area contributed by atoms with Crippen LogP contribution in [0.15, 0.2) is 170 Å². The molecule has 48 heavy (non-hydrogen) atoms. The van der Waals surface area contributed by atoms with E-state index in [0.29, 0.717) is 17.5 Å². The van der Waals surface area contributed by atoms with Crippen molar-refractivity contribution in [3.05, 3.63) is 170 Å². The van der Waals surface area contributed by atoms with Gasteiger partial charge in [-0.3, -0.25) is 0 Å². The van der Waals surface area contributed by atoms with E-state index in [1.165, 1.54) is 21.7 Å². The van der Waals surface area contributed by atoms with Crippen LogP contribution in [0, 0.1) is 0 Å². The lowest BCUT2D eigenvalue weighted by atomic mass is 9.99. The molecule has 0 radical (unpaired) electrons. The van der Waals surface area contributed by atoms with Crippen molar-refractivity contribution >= 4 is 32.4 Å². The fourth-order valence-corrected chi connectivity index (χ4v) is 6.45. The Labute approximate surface area is 278 Å². The van der Waals surface area contributed by atoms with E-state index in [-0.39, 0.29) is 0 Å². The van der Waals surface area contributed by atoms with Crippen LogP contribution in [0.5, 0.6) is 0 Å². The molecule has 224 valence electrons. The normalized spacial score (nSPS) is 11.3. The standard InChI is InChI=1S/C44H28N4/c1-3-10-29(11-4-1)30-18-20-34(21-19-30)43-46-42(33-13-5-2-6-14-33)47-44(48-43)36-16-9-15-35(28-36)40-27-24-32-23-25-38-37-17-8-7-12-31(37)22-26-39(38)41(32)45-40/h1-28H. The number of pyridine rings is 1. The Morgan fingerprint density at radius 2 is 0.792 bits per heavy atom. The molecular weight excluding hydrogens is 585 g/mol. The summed E-state index contributed by atoms with van der Waals surface area (Å²) in [6, 6.07) is 58.7. The minimum Gasteiger partial charge on any atom is -0.247 e. The van der Waals surface area contributed by atoms with Crippen molar-refractivity contribution in [1.29, 1.82) is 0 Å². The molecule has 0 atom stereocenters. The summed E-state index contributed by atoms with van der Waals surface area (Å²) in [5.41, 5.74) is 7.99. The topological polar surface area (TPSA) is 51.6 Å². The van der Waals surface area contributed by atoms with Crippen molar-refractivity contribution in [2.45, 2.75) is 0 Å². The molecule has 4 nitrogen and oxygen atoms in total. The smallest absolute Gasteiger partial charge is 0.164 e. The Morgan fingerprint density at radius 3 is 1.56 bits per heavy atom. The Kier molecular flexibility index (Phi) is 6.76. The highest BCUT2D eigenvalue weighted by molar-refractivity contribution is 6.16. The molecule has 0 N–H and O–H groups in total. The molecule has 0 bridgehead atoms. The van der Waals surface area contributed by atoms with Gasteiger partial charge in [-0.05, 0) is 39.4 Å². The number of fused-ring (bicyclic) bond motifs is 5. The number of rotatable bonds is 5. The maximum atomic E-state index is 5.23. The van der Waals surface area contributed by atoms with Gasteiger partial charge in [-0.1, -0.05) is 158 Å². The van der Waals surface area contributed by atoms with Gasteiger partial charge in [0.2, 0.25) is 0 Å². The van der Waals surface area contributed by atoms with E-state index < -0.39 is 0 Å². The first-order valence-electron chi connectivity index (χ1n) is 16.1. The molecule has 2 heterocycles. The van der Waals surface area contributed by atoms with E-state index >= 15 is 0 Å². The lowest BCUT2D eigenvalue weighted by Gasteiger charge is -2.11. The third-order valence-electron chi connectivity index (χ3n) is 8.92. The van der Waals surface area contributed by atoms with Crippen molar-refractivity contribution in [3.8, 4) is 56.5 Å². The van der Waals surface area contributed by atoms with Crippen molar-refractivity contribution in [2.24, 2.45) is 0 Å². The Morgan fingerprint density at radius 1 is 0.271 bits per heavy atom. The Hall–Kier alpha value is -6.52. The number of hydrogen-bond donors (Lipinski definition) is 0. The summed E-state index contributed by atoms with van der Waals surface area (Å²) in [5.74, 6) is 1.88. The molecule has 0 aliphatic heterocycles. The second-order valence-electron chi connectivity index (χ2n) is 11.9. The van der Waals surface area contributed by atoms with Gasteiger partial charge in [-0.15, -0.1) is 0 Å². The van der Waals surface area contributed by atoms with Gasteiger partial charge in [-0.2, -0.15) is 0 Å². The number of aromatic nitrogens is 4. The van der Waals surface area contributed by atoms with Crippen LogP contribution in [-0.2, 0) is 0 Å². The molecule has 0 spiro atoms. The SMILES string of the molecule is c1ccc(-c2ccc(-c3nc(-c4ccccc4)nc(-c4cccc(-c5ccc6ccc7c8ccccc8ccc7c6n5)c4)n3)cc2)cc1. The van der Waals surface area contributed by atoms with Gasteiger partial charge >= 0.3 is 0 Å². The van der Waals surface area contributed by atoms with Gasteiger partial charge in [0, 0.05) is 33.0 Å². The second kappa shape index (κ2) is 11.7. The van der Waals surface area contributed by atoms with Gasteiger partial charge < -0.3 is 0 Å². The van der Waals surface area contributed by atoms with E-state index in [0.717, 1.165) is 49.8 Å². The molecule has 0 aliphatic carbocycles. The molecule has 9 rings (SSSR count). The Bertz CT molecular complexity index is 2600. The molecule has 0 unspecified atom stereocenters. The van der Waals surface area contributed by atoms with E-state index in [2.05, 4.69) is 127 Å². The van der Waals surface area contributed by atoms with Gasteiger partial charge in [0.15, 0.2) is 17.5 Å². The maximum Gasteiger partial charge on any atom is 0.164 e. The molecule has 2 aromatic heterocycles. The minimum atomic E-state index is 0.616. The molecule has 0 fully saturated rings. The molecule has 0 aliphatic rings. The van der Waals surface area contributed by atoms with Crippen LogP contribution in [0.4, 0.5) is 0 Å². The molecule has 0 amide bonds. The average Bonchev–Trinajstić information content (AvgIpc) is 3.18. The average molecular weight is 613 g/mol. The third-order valence-corrected chi connectivity index (χ3v) is 8.92. The monoisotopic (exact) mass is 612 g/mol. The van der Waals surface area contributed by atoms with Crippen LogP contribution >= 0.6 is 0 Å². The molecule has 0 saturated heterocycles. The highest BCUT2D eigenvalue weighted by Crippen LogP contribution is 2.33. The summed E-state index contributed by atoms with van der Waals surface area (Å²) in [5, 5.41) is 5.94. The predicted octanol–water partition coefficient (Wildman–Crippen LogP) is 11.1. The summed E-state index contributed by atoms with van der Waals surface area (Å²) >= 11 is 0. The molecular formula is C44H28N4. The zero-order valence-corrected chi connectivity index (χ0v) is 26.0. The first-order chi connectivity index (χ1) is 23.8. The second-order valence-corrected chi connectivity index (χ2v) is 11.9. The van der Waals surface area contributed by atoms with E-state index in [4.69, 9.17) is 19.9 Å². The zero-order chi connectivity index (χ0) is 31.9. The Balaban J connectivity index is 1.15. The summed E-state index contributed by atoms with van der Waals surface area (Å²) in [6.07, 6.45) is 0. The lowest BCUT2D eigenvalue weighted by molar-refractivity contribution is 1.07. The van der Waals surface area contributed by atoms with Crippen molar-refractivity contribution in [1.82, 2.24) is 19.9 Å².